The van der Waals surface area contributed by atoms with Gasteiger partial charge in [0.15, 0.2) is 0 Å². The van der Waals surface area contributed by atoms with Crippen LogP contribution in [0.4, 0.5) is 8.78 Å². The Kier molecular flexibility index (Phi) is 3.65. The summed E-state index contributed by atoms with van der Waals surface area (Å²) in [6.45, 7) is 1.65. The third-order valence-electron chi connectivity index (χ3n) is 1.17. The van der Waals surface area contributed by atoms with Gasteiger partial charge in [-0.1, -0.05) is 6.92 Å². The van der Waals surface area contributed by atoms with Gasteiger partial charge in [-0.2, -0.15) is 0 Å². The summed E-state index contributed by atoms with van der Waals surface area (Å²) in [6.07, 6.45) is -4.03. The van der Waals surface area contributed by atoms with Crippen LogP contribution in [0.5, 0.6) is 0 Å². The predicted molar refractivity (Wildman–Crippen MR) is 30.3 cm³/mol. The molecule has 0 spiro atoms. The van der Waals surface area contributed by atoms with E-state index in [0.29, 0.717) is 6.42 Å². The molecular formula is C5H11F2NO. The molecule has 9 heavy (non-hydrogen) atoms. The molecule has 3 N–H and O–H groups in total. The van der Waals surface area contributed by atoms with Gasteiger partial charge in [0.25, 0.3) is 6.43 Å². The second-order valence-electron chi connectivity index (χ2n) is 1.90. The summed E-state index contributed by atoms with van der Waals surface area (Å²) < 4.78 is 23.1. The fraction of sp³-hybridized carbons (Fsp3) is 1.00. The zero-order chi connectivity index (χ0) is 7.44. The average Bonchev–Trinajstić information content (AvgIpc) is 1.84. The lowest BCUT2D eigenvalue weighted by atomic mass is 10.1. The van der Waals surface area contributed by atoms with Gasteiger partial charge in [0.05, 0.1) is 0 Å². The summed E-state index contributed by atoms with van der Waals surface area (Å²) in [5.74, 6) is 0. The van der Waals surface area contributed by atoms with Crippen molar-refractivity contribution in [3.8, 4) is 0 Å². The quantitative estimate of drug-likeness (QED) is 0.592. The Labute approximate surface area is 52.7 Å². The lowest BCUT2D eigenvalue weighted by Crippen LogP contribution is -2.38. The van der Waals surface area contributed by atoms with Crippen LogP contribution in [0.25, 0.3) is 0 Å². The number of rotatable bonds is 3. The third kappa shape index (κ3) is 2.72. The first-order valence-electron chi connectivity index (χ1n) is 2.81. The second-order valence-corrected chi connectivity index (χ2v) is 1.90. The molecule has 0 aromatic carbocycles. The molecule has 0 aromatic heterocycles. The normalized spacial score (nSPS) is 18.0. The van der Waals surface area contributed by atoms with E-state index in [9.17, 15) is 8.78 Å². The molecule has 0 radical (unpaired) electrons. The smallest absolute Gasteiger partial charge is 0.265 e. The molecule has 2 atom stereocenters. The van der Waals surface area contributed by atoms with Crippen LogP contribution in [0.2, 0.25) is 0 Å². The summed E-state index contributed by atoms with van der Waals surface area (Å²) in [6, 6.07) is -0.801. The molecule has 0 aliphatic carbocycles. The summed E-state index contributed by atoms with van der Waals surface area (Å²) in [5.41, 5.74) is 5.09. The van der Waals surface area contributed by atoms with Crippen molar-refractivity contribution < 1.29 is 13.9 Å². The first-order valence-corrected chi connectivity index (χ1v) is 2.81. The van der Waals surface area contributed by atoms with Crippen LogP contribution in [-0.4, -0.2) is 23.7 Å². The van der Waals surface area contributed by atoms with E-state index >= 15 is 0 Å². The molecular weight excluding hydrogens is 128 g/mol. The molecule has 0 bridgehead atoms. The van der Waals surface area contributed by atoms with Crippen molar-refractivity contribution in [2.24, 2.45) is 5.73 Å². The molecule has 0 amide bonds. The molecule has 0 aliphatic rings. The van der Waals surface area contributed by atoms with Gasteiger partial charge >= 0.3 is 0 Å². The van der Waals surface area contributed by atoms with Gasteiger partial charge in [0.2, 0.25) is 0 Å². The molecule has 4 heteroatoms. The maximum atomic E-state index is 11.5. The Morgan fingerprint density at radius 2 is 2.00 bits per heavy atom. The van der Waals surface area contributed by atoms with Crippen LogP contribution >= 0.6 is 0 Å². The zero-order valence-electron chi connectivity index (χ0n) is 5.22. The lowest BCUT2D eigenvalue weighted by Gasteiger charge is -2.14. The van der Waals surface area contributed by atoms with Crippen molar-refractivity contribution in [1.29, 1.82) is 0 Å². The molecule has 2 nitrogen and oxygen atoms in total. The van der Waals surface area contributed by atoms with Crippen LogP contribution in [0.1, 0.15) is 13.3 Å². The average molecular weight is 139 g/mol. The minimum atomic E-state index is -2.72. The summed E-state index contributed by atoms with van der Waals surface area (Å²) >= 11 is 0. The van der Waals surface area contributed by atoms with Crippen molar-refractivity contribution >= 4 is 0 Å². The van der Waals surface area contributed by atoms with E-state index < -0.39 is 18.6 Å². The van der Waals surface area contributed by atoms with Gasteiger partial charge in [-0.05, 0) is 6.42 Å². The third-order valence-corrected chi connectivity index (χ3v) is 1.17. The Balaban J connectivity index is 3.58. The SMILES string of the molecule is CC[C@H](N)[C@@H](O)C(F)F. The number of halogens is 2. The zero-order valence-corrected chi connectivity index (χ0v) is 5.22. The van der Waals surface area contributed by atoms with Crippen LogP contribution in [0.15, 0.2) is 0 Å². The monoisotopic (exact) mass is 139 g/mol. The molecule has 0 heterocycles. The fourth-order valence-electron chi connectivity index (χ4n) is 0.428. The number of aliphatic hydroxyl groups excluding tert-OH is 1. The van der Waals surface area contributed by atoms with Crippen molar-refractivity contribution in [1.82, 2.24) is 0 Å². The fourth-order valence-corrected chi connectivity index (χ4v) is 0.428. The van der Waals surface area contributed by atoms with Crippen LogP contribution in [0, 0.1) is 0 Å². The second kappa shape index (κ2) is 3.74. The number of hydrogen-bond acceptors (Lipinski definition) is 2. The highest BCUT2D eigenvalue weighted by Crippen LogP contribution is 2.05. The molecule has 0 fully saturated rings. The van der Waals surface area contributed by atoms with Crippen LogP contribution in [-0.2, 0) is 0 Å². The predicted octanol–water partition coefficient (Wildman–Crippen LogP) is 0.350. The maximum Gasteiger partial charge on any atom is 0.265 e. The number of hydrogen-bond donors (Lipinski definition) is 2. The highest BCUT2D eigenvalue weighted by Gasteiger charge is 2.22. The van der Waals surface area contributed by atoms with Gasteiger partial charge in [0.1, 0.15) is 6.10 Å². The van der Waals surface area contributed by atoms with Crippen molar-refractivity contribution in [3.63, 3.8) is 0 Å². The molecule has 0 saturated heterocycles. The number of nitrogens with two attached hydrogens (primary N) is 1. The summed E-state index contributed by atoms with van der Waals surface area (Å²) in [4.78, 5) is 0. The first kappa shape index (κ1) is 8.78. The summed E-state index contributed by atoms with van der Waals surface area (Å²) in [5, 5.41) is 8.52. The molecule has 0 aliphatic heterocycles. The minimum Gasteiger partial charge on any atom is -0.386 e. The Morgan fingerprint density at radius 3 is 2.11 bits per heavy atom. The molecule has 0 aromatic rings. The van der Waals surface area contributed by atoms with Gasteiger partial charge in [-0.25, -0.2) is 8.78 Å². The van der Waals surface area contributed by atoms with Gasteiger partial charge in [0, 0.05) is 6.04 Å². The minimum absolute atomic E-state index is 0.367. The van der Waals surface area contributed by atoms with Gasteiger partial charge < -0.3 is 10.8 Å². The highest BCUT2D eigenvalue weighted by molar-refractivity contribution is 4.71. The van der Waals surface area contributed by atoms with E-state index in [-0.39, 0.29) is 0 Å². The maximum absolute atomic E-state index is 11.5. The van der Waals surface area contributed by atoms with E-state index in [1.807, 2.05) is 0 Å². The topological polar surface area (TPSA) is 46.2 Å². The summed E-state index contributed by atoms with van der Waals surface area (Å²) in [7, 11) is 0. The number of aliphatic hydroxyl groups is 1. The number of alkyl halides is 2. The first-order chi connectivity index (χ1) is 4.09. The Bertz CT molecular complexity index is 79.4. The van der Waals surface area contributed by atoms with Gasteiger partial charge in [-0.15, -0.1) is 0 Å². The largest absolute Gasteiger partial charge is 0.386 e. The van der Waals surface area contributed by atoms with E-state index in [1.165, 1.54) is 0 Å². The van der Waals surface area contributed by atoms with Gasteiger partial charge in [-0.3, -0.25) is 0 Å². The molecule has 0 rings (SSSR count). The van der Waals surface area contributed by atoms with E-state index in [2.05, 4.69) is 0 Å². The van der Waals surface area contributed by atoms with E-state index in [1.54, 1.807) is 6.92 Å². The highest BCUT2D eigenvalue weighted by atomic mass is 19.3. The lowest BCUT2D eigenvalue weighted by molar-refractivity contribution is -0.0191. The standard InChI is InChI=1S/C5H11F2NO/c1-2-3(8)4(9)5(6)7/h3-5,9H,2,8H2,1H3/t3-,4+/m0/s1. The Hall–Kier alpha value is -0.220. The van der Waals surface area contributed by atoms with Crippen molar-refractivity contribution in [2.45, 2.75) is 31.9 Å². The van der Waals surface area contributed by atoms with E-state index in [0.717, 1.165) is 0 Å². The van der Waals surface area contributed by atoms with E-state index in [4.69, 9.17) is 10.8 Å². The van der Waals surface area contributed by atoms with Crippen molar-refractivity contribution in [3.05, 3.63) is 0 Å². The molecule has 0 unspecified atom stereocenters. The Morgan fingerprint density at radius 1 is 1.56 bits per heavy atom. The van der Waals surface area contributed by atoms with Crippen molar-refractivity contribution in [2.75, 3.05) is 0 Å². The molecule has 56 valence electrons. The van der Waals surface area contributed by atoms with Crippen LogP contribution in [0.3, 0.4) is 0 Å². The van der Waals surface area contributed by atoms with Crippen LogP contribution < -0.4 is 5.73 Å². The molecule has 0 saturated carbocycles.